The Bertz CT molecular complexity index is 1430. The zero-order valence-corrected chi connectivity index (χ0v) is 20.8. The van der Waals surface area contributed by atoms with E-state index in [-0.39, 0.29) is 39.3 Å². The van der Waals surface area contributed by atoms with Gasteiger partial charge in [-0.3, -0.25) is 14.4 Å². The lowest BCUT2D eigenvalue weighted by atomic mass is 10.1. The van der Waals surface area contributed by atoms with Crippen molar-refractivity contribution < 1.29 is 33.4 Å². The van der Waals surface area contributed by atoms with Crippen LogP contribution in [0.4, 0.5) is 11.4 Å². The molecule has 0 unspecified atom stereocenters. The normalized spacial score (nSPS) is 13.0. The molecule has 1 aliphatic rings. The first-order chi connectivity index (χ1) is 17.7. The van der Waals surface area contributed by atoms with Crippen molar-refractivity contribution >= 4 is 46.5 Å². The van der Waals surface area contributed by atoms with Gasteiger partial charge in [0.05, 0.1) is 25.5 Å². The molecule has 1 aliphatic heterocycles. The Morgan fingerprint density at radius 1 is 0.811 bits per heavy atom. The third kappa shape index (κ3) is 5.17. The molecule has 37 heavy (non-hydrogen) atoms. The van der Waals surface area contributed by atoms with Crippen molar-refractivity contribution in [3.05, 3.63) is 88.6 Å². The van der Waals surface area contributed by atoms with Crippen molar-refractivity contribution in [3.8, 4) is 17.2 Å². The fraction of sp³-hybridized carbons (Fsp3) is 0.111. The standard InChI is InChI=1S/C27H21ClN2O7/c1-15(31)16-6-10-19(11-7-16)37-27(34)17-4-8-18(9-5-17)29-24-23(28)25(32)30(26(24)33)21-14-20(35-2)12-13-22(21)36-3/h4-14,29H,1-3H3. The maximum absolute atomic E-state index is 13.2. The number of carbonyl (C=O) groups excluding carboxylic acids is 4. The number of methoxy groups -OCH3 is 2. The Kier molecular flexibility index (Phi) is 7.26. The Labute approximate surface area is 217 Å². The number of Topliss-reactive ketones (excluding diaryl/α,β-unsaturated/α-hetero) is 1. The molecule has 188 valence electrons. The number of imide groups is 1. The molecule has 0 fully saturated rings. The van der Waals surface area contributed by atoms with Gasteiger partial charge in [-0.05, 0) is 67.6 Å². The highest BCUT2D eigenvalue weighted by Crippen LogP contribution is 2.38. The van der Waals surface area contributed by atoms with Crippen LogP contribution in [0.5, 0.6) is 17.2 Å². The van der Waals surface area contributed by atoms with Crippen LogP contribution in [-0.2, 0) is 9.59 Å². The van der Waals surface area contributed by atoms with E-state index in [0.717, 1.165) is 4.90 Å². The highest BCUT2D eigenvalue weighted by molar-refractivity contribution is 6.53. The van der Waals surface area contributed by atoms with Gasteiger partial charge in [0.2, 0.25) is 0 Å². The largest absolute Gasteiger partial charge is 0.497 e. The van der Waals surface area contributed by atoms with Crippen molar-refractivity contribution in [1.29, 1.82) is 0 Å². The summed E-state index contributed by atoms with van der Waals surface area (Å²) in [6, 6.07) is 17.0. The molecule has 0 saturated carbocycles. The third-order valence-electron chi connectivity index (χ3n) is 5.52. The molecule has 0 aliphatic carbocycles. The second-order valence-corrected chi connectivity index (χ2v) is 8.22. The van der Waals surface area contributed by atoms with E-state index >= 15 is 0 Å². The van der Waals surface area contributed by atoms with Crippen molar-refractivity contribution in [1.82, 2.24) is 0 Å². The maximum atomic E-state index is 13.2. The van der Waals surface area contributed by atoms with Crippen LogP contribution in [0.1, 0.15) is 27.6 Å². The topological polar surface area (TPSA) is 111 Å². The molecular formula is C27H21ClN2O7. The number of benzene rings is 3. The summed E-state index contributed by atoms with van der Waals surface area (Å²) in [5.74, 6) is -1.11. The number of halogens is 1. The number of ether oxygens (including phenoxy) is 3. The first-order valence-electron chi connectivity index (χ1n) is 10.9. The van der Waals surface area contributed by atoms with Gasteiger partial charge in [0.25, 0.3) is 11.8 Å². The molecule has 3 aromatic rings. The quantitative estimate of drug-likeness (QED) is 0.199. The zero-order valence-electron chi connectivity index (χ0n) is 20.0. The summed E-state index contributed by atoms with van der Waals surface area (Å²) >= 11 is 6.23. The van der Waals surface area contributed by atoms with Gasteiger partial charge in [-0.2, -0.15) is 0 Å². The van der Waals surface area contributed by atoms with E-state index in [2.05, 4.69) is 5.32 Å². The summed E-state index contributed by atoms with van der Waals surface area (Å²) in [7, 11) is 2.87. The SMILES string of the molecule is COc1ccc(OC)c(N2C(=O)C(Cl)=C(Nc3ccc(C(=O)Oc4ccc(C(C)=O)cc4)cc3)C2=O)c1. The van der Waals surface area contributed by atoms with Gasteiger partial charge in [0.15, 0.2) is 5.78 Å². The summed E-state index contributed by atoms with van der Waals surface area (Å²) in [6.45, 7) is 1.45. The van der Waals surface area contributed by atoms with Crippen molar-refractivity contribution in [2.75, 3.05) is 24.4 Å². The Balaban J connectivity index is 1.49. The minimum atomic E-state index is -0.725. The lowest BCUT2D eigenvalue weighted by molar-refractivity contribution is -0.120. The first kappa shape index (κ1) is 25.5. The van der Waals surface area contributed by atoms with E-state index < -0.39 is 17.8 Å². The van der Waals surface area contributed by atoms with E-state index in [4.69, 9.17) is 25.8 Å². The smallest absolute Gasteiger partial charge is 0.343 e. The van der Waals surface area contributed by atoms with Crippen LogP contribution in [-0.4, -0.2) is 37.8 Å². The van der Waals surface area contributed by atoms with Gasteiger partial charge in [-0.15, -0.1) is 0 Å². The molecule has 0 saturated heterocycles. The molecule has 0 aromatic heterocycles. The molecule has 1 N–H and O–H groups in total. The molecule has 1 heterocycles. The van der Waals surface area contributed by atoms with E-state index in [0.29, 0.717) is 17.0 Å². The zero-order chi connectivity index (χ0) is 26.7. The van der Waals surface area contributed by atoms with Crippen LogP contribution in [0, 0.1) is 0 Å². The van der Waals surface area contributed by atoms with Crippen LogP contribution < -0.4 is 24.4 Å². The lowest BCUT2D eigenvalue weighted by Crippen LogP contribution is -2.32. The van der Waals surface area contributed by atoms with Crippen molar-refractivity contribution in [3.63, 3.8) is 0 Å². The predicted molar refractivity (Wildman–Crippen MR) is 136 cm³/mol. The van der Waals surface area contributed by atoms with Gasteiger partial charge in [0.1, 0.15) is 28.0 Å². The van der Waals surface area contributed by atoms with Crippen molar-refractivity contribution in [2.45, 2.75) is 6.92 Å². The fourth-order valence-corrected chi connectivity index (χ4v) is 3.77. The molecule has 0 radical (unpaired) electrons. The number of ketones is 1. The van der Waals surface area contributed by atoms with Crippen LogP contribution in [0.3, 0.4) is 0 Å². The average molecular weight is 521 g/mol. The summed E-state index contributed by atoms with van der Waals surface area (Å²) in [4.78, 5) is 50.8. The molecule has 9 nitrogen and oxygen atoms in total. The molecule has 10 heteroatoms. The maximum Gasteiger partial charge on any atom is 0.343 e. The predicted octanol–water partition coefficient (Wildman–Crippen LogP) is 4.56. The second kappa shape index (κ2) is 10.5. The summed E-state index contributed by atoms with van der Waals surface area (Å²) in [5.41, 5.74) is 1.22. The number of amides is 2. The first-order valence-corrected chi connectivity index (χ1v) is 11.3. The molecule has 0 atom stereocenters. The number of nitrogens with zero attached hydrogens (tertiary/aromatic N) is 1. The monoisotopic (exact) mass is 520 g/mol. The third-order valence-corrected chi connectivity index (χ3v) is 5.87. The number of hydrogen-bond acceptors (Lipinski definition) is 8. The number of nitrogens with one attached hydrogen (secondary N) is 1. The van der Waals surface area contributed by atoms with E-state index in [9.17, 15) is 19.2 Å². The fourth-order valence-electron chi connectivity index (χ4n) is 3.56. The van der Waals surface area contributed by atoms with Crippen LogP contribution in [0.2, 0.25) is 0 Å². The minimum Gasteiger partial charge on any atom is -0.497 e. The Hall–Kier alpha value is -4.63. The molecule has 0 spiro atoms. The van der Waals surface area contributed by atoms with Crippen LogP contribution >= 0.6 is 11.6 Å². The van der Waals surface area contributed by atoms with Gasteiger partial charge in [0, 0.05) is 17.3 Å². The summed E-state index contributed by atoms with van der Waals surface area (Å²) in [6.07, 6.45) is 0. The molecule has 3 aromatic carbocycles. The van der Waals surface area contributed by atoms with Crippen LogP contribution in [0.25, 0.3) is 0 Å². The number of hydrogen-bond donors (Lipinski definition) is 1. The highest BCUT2D eigenvalue weighted by atomic mass is 35.5. The number of rotatable bonds is 8. The van der Waals surface area contributed by atoms with E-state index in [1.54, 1.807) is 36.4 Å². The second-order valence-electron chi connectivity index (χ2n) is 7.84. The summed E-state index contributed by atoms with van der Waals surface area (Å²) in [5, 5.41) is 2.55. The molecular weight excluding hydrogens is 500 g/mol. The molecule has 2 amide bonds. The average Bonchev–Trinajstić information content (AvgIpc) is 3.11. The Morgan fingerprint density at radius 2 is 1.43 bits per heavy atom. The molecule has 0 bridgehead atoms. The number of esters is 1. The van der Waals surface area contributed by atoms with E-state index in [1.165, 1.54) is 51.5 Å². The lowest BCUT2D eigenvalue weighted by Gasteiger charge is -2.19. The van der Waals surface area contributed by atoms with Crippen LogP contribution in [0.15, 0.2) is 77.5 Å². The van der Waals surface area contributed by atoms with Gasteiger partial charge >= 0.3 is 5.97 Å². The molecule has 4 rings (SSSR count). The van der Waals surface area contributed by atoms with Crippen molar-refractivity contribution in [2.24, 2.45) is 0 Å². The van der Waals surface area contributed by atoms with E-state index in [1.807, 2.05) is 0 Å². The van der Waals surface area contributed by atoms with Gasteiger partial charge < -0.3 is 19.5 Å². The summed E-state index contributed by atoms with van der Waals surface area (Å²) < 4.78 is 15.8. The number of anilines is 2. The van der Waals surface area contributed by atoms with Gasteiger partial charge in [-0.25, -0.2) is 9.69 Å². The highest BCUT2D eigenvalue weighted by Gasteiger charge is 2.40. The Morgan fingerprint density at radius 3 is 2.03 bits per heavy atom. The van der Waals surface area contributed by atoms with Gasteiger partial charge in [-0.1, -0.05) is 11.6 Å². The minimum absolute atomic E-state index is 0.0932. The number of carbonyl (C=O) groups is 4.